The molecule has 0 aliphatic rings. The summed E-state index contributed by atoms with van der Waals surface area (Å²) in [6.07, 6.45) is 0.879. The maximum Gasteiger partial charge on any atom is 0.251 e. The molecule has 0 radical (unpaired) electrons. The number of rotatable bonds is 9. The molecule has 0 spiro atoms. The molecule has 0 aromatic heterocycles. The number of amides is 2. The third-order valence-electron chi connectivity index (χ3n) is 4.59. The van der Waals surface area contributed by atoms with E-state index in [0.717, 1.165) is 16.3 Å². The fraction of sp³-hybridized carbons (Fsp3) is 0.333. The summed E-state index contributed by atoms with van der Waals surface area (Å²) in [7, 11) is -0.794. The number of carbonyl (C=O) groups is 2. The van der Waals surface area contributed by atoms with Crippen LogP contribution < -0.4 is 10.6 Å². The second kappa shape index (κ2) is 10.2. The maximum atomic E-state index is 12.3. The van der Waals surface area contributed by atoms with E-state index in [9.17, 15) is 18.0 Å². The third kappa shape index (κ3) is 6.13. The van der Waals surface area contributed by atoms with E-state index in [1.165, 1.54) is 38.4 Å². The van der Waals surface area contributed by atoms with E-state index in [-0.39, 0.29) is 28.8 Å². The monoisotopic (exact) mass is 417 g/mol. The highest BCUT2D eigenvalue weighted by Crippen LogP contribution is 2.18. The number of benzene rings is 2. The lowest BCUT2D eigenvalue weighted by molar-refractivity contribution is -0.120. The van der Waals surface area contributed by atoms with Crippen LogP contribution in [0.5, 0.6) is 0 Å². The summed E-state index contributed by atoms with van der Waals surface area (Å²) in [5.41, 5.74) is 1.33. The smallest absolute Gasteiger partial charge is 0.251 e. The van der Waals surface area contributed by atoms with Crippen molar-refractivity contribution in [3.05, 3.63) is 65.7 Å². The van der Waals surface area contributed by atoms with Gasteiger partial charge in [-0.15, -0.1) is 0 Å². The summed E-state index contributed by atoms with van der Waals surface area (Å²) in [4.78, 5) is 24.5. The van der Waals surface area contributed by atoms with Crippen LogP contribution in [0.1, 0.15) is 35.2 Å². The van der Waals surface area contributed by atoms with Gasteiger partial charge in [-0.2, -0.15) is 0 Å². The molecule has 1 unspecified atom stereocenters. The molecule has 29 heavy (non-hydrogen) atoms. The van der Waals surface area contributed by atoms with Crippen LogP contribution in [0.15, 0.2) is 59.5 Å². The first-order valence-electron chi connectivity index (χ1n) is 9.38. The zero-order valence-corrected chi connectivity index (χ0v) is 17.7. The molecule has 2 rings (SSSR count). The van der Waals surface area contributed by atoms with E-state index in [1.807, 2.05) is 30.3 Å². The average molecular weight is 418 g/mol. The highest BCUT2D eigenvalue weighted by Gasteiger charge is 2.19. The van der Waals surface area contributed by atoms with Gasteiger partial charge in [-0.3, -0.25) is 9.59 Å². The lowest BCUT2D eigenvalue weighted by Gasteiger charge is -2.16. The van der Waals surface area contributed by atoms with E-state index in [2.05, 4.69) is 17.6 Å². The van der Waals surface area contributed by atoms with E-state index in [1.54, 1.807) is 0 Å². The van der Waals surface area contributed by atoms with Crippen molar-refractivity contribution in [2.24, 2.45) is 0 Å². The molecule has 0 heterocycles. The van der Waals surface area contributed by atoms with Crippen molar-refractivity contribution < 1.29 is 18.0 Å². The normalized spacial score (nSPS) is 12.4. The quantitative estimate of drug-likeness (QED) is 0.652. The first-order valence-corrected chi connectivity index (χ1v) is 10.8. The number of sulfonamides is 1. The first kappa shape index (κ1) is 22.6. The zero-order valence-electron chi connectivity index (χ0n) is 16.9. The summed E-state index contributed by atoms with van der Waals surface area (Å²) in [6, 6.07) is 15.6. The summed E-state index contributed by atoms with van der Waals surface area (Å²) in [5.74, 6) is -0.611. The van der Waals surface area contributed by atoms with Gasteiger partial charge in [0.1, 0.15) is 0 Å². The highest BCUT2D eigenvalue weighted by atomic mass is 32.2. The van der Waals surface area contributed by atoms with E-state index in [4.69, 9.17) is 0 Å². The molecular formula is C21H27N3O4S. The number of nitrogens with one attached hydrogen (secondary N) is 2. The molecule has 8 heteroatoms. The second-order valence-corrected chi connectivity index (χ2v) is 8.97. The van der Waals surface area contributed by atoms with Crippen molar-refractivity contribution in [3.8, 4) is 0 Å². The van der Waals surface area contributed by atoms with Crippen LogP contribution in [0.25, 0.3) is 0 Å². The van der Waals surface area contributed by atoms with Gasteiger partial charge in [-0.05, 0) is 30.2 Å². The molecule has 2 N–H and O–H groups in total. The SMILES string of the molecule is CCC(CNC(=O)CNC(=O)c1cccc(S(=O)(=O)N(C)C)c1)c1ccccc1. The number of hydrogen-bond donors (Lipinski definition) is 2. The lowest BCUT2D eigenvalue weighted by Crippen LogP contribution is -2.38. The van der Waals surface area contributed by atoms with Crippen LogP contribution >= 0.6 is 0 Å². The molecule has 0 saturated carbocycles. The molecule has 0 fully saturated rings. The van der Waals surface area contributed by atoms with E-state index in [0.29, 0.717) is 6.54 Å². The maximum absolute atomic E-state index is 12.3. The van der Waals surface area contributed by atoms with Gasteiger partial charge in [0.25, 0.3) is 5.91 Å². The molecule has 0 aliphatic heterocycles. The molecule has 7 nitrogen and oxygen atoms in total. The van der Waals surface area contributed by atoms with Crippen molar-refractivity contribution in [2.75, 3.05) is 27.2 Å². The predicted octanol–water partition coefficient (Wildman–Crippen LogP) is 1.98. The fourth-order valence-corrected chi connectivity index (χ4v) is 3.74. The van der Waals surface area contributed by atoms with Crippen molar-refractivity contribution in [2.45, 2.75) is 24.2 Å². The van der Waals surface area contributed by atoms with Crippen LogP contribution in [0.4, 0.5) is 0 Å². The minimum atomic E-state index is -3.64. The van der Waals surface area contributed by atoms with Gasteiger partial charge in [0, 0.05) is 32.1 Å². The van der Waals surface area contributed by atoms with Crippen LogP contribution in [-0.2, 0) is 14.8 Å². The van der Waals surface area contributed by atoms with Crippen LogP contribution in [0.3, 0.4) is 0 Å². The summed E-state index contributed by atoms with van der Waals surface area (Å²) in [6.45, 7) is 2.35. The predicted molar refractivity (Wildman–Crippen MR) is 112 cm³/mol. The molecule has 0 saturated heterocycles. The van der Waals surface area contributed by atoms with Crippen molar-refractivity contribution in [1.29, 1.82) is 0 Å². The van der Waals surface area contributed by atoms with Gasteiger partial charge in [0.05, 0.1) is 11.4 Å². The Bertz CT molecular complexity index is 943. The number of carbonyl (C=O) groups excluding carboxylic acids is 2. The Balaban J connectivity index is 1.91. The standard InChI is InChI=1S/C21H27N3O4S/c1-4-16(17-9-6-5-7-10-17)14-22-20(25)15-23-21(26)18-11-8-12-19(13-18)29(27,28)24(2)3/h5-13,16H,4,14-15H2,1-3H3,(H,22,25)(H,23,26). The minimum absolute atomic E-state index is 0.0215. The number of nitrogens with zero attached hydrogens (tertiary/aromatic N) is 1. The molecule has 156 valence electrons. The van der Waals surface area contributed by atoms with Crippen molar-refractivity contribution >= 4 is 21.8 Å². The largest absolute Gasteiger partial charge is 0.354 e. The Morgan fingerprint density at radius 3 is 2.31 bits per heavy atom. The van der Waals surface area contributed by atoms with Gasteiger partial charge in [-0.1, -0.05) is 43.3 Å². The molecule has 0 bridgehead atoms. The van der Waals surface area contributed by atoms with Gasteiger partial charge in [0.2, 0.25) is 15.9 Å². The Labute approximate surface area is 172 Å². The lowest BCUT2D eigenvalue weighted by atomic mass is 9.96. The van der Waals surface area contributed by atoms with Crippen LogP contribution in [-0.4, -0.2) is 51.7 Å². The topological polar surface area (TPSA) is 95.6 Å². The molecule has 2 amide bonds. The third-order valence-corrected chi connectivity index (χ3v) is 6.40. The first-order chi connectivity index (χ1) is 13.8. The van der Waals surface area contributed by atoms with Crippen molar-refractivity contribution in [1.82, 2.24) is 14.9 Å². The van der Waals surface area contributed by atoms with Gasteiger partial charge in [-0.25, -0.2) is 12.7 Å². The van der Waals surface area contributed by atoms with E-state index < -0.39 is 15.9 Å². The van der Waals surface area contributed by atoms with E-state index >= 15 is 0 Å². The average Bonchev–Trinajstić information content (AvgIpc) is 2.73. The zero-order chi connectivity index (χ0) is 21.4. The summed E-state index contributed by atoms with van der Waals surface area (Å²) in [5, 5.41) is 5.36. The summed E-state index contributed by atoms with van der Waals surface area (Å²) < 4.78 is 25.5. The van der Waals surface area contributed by atoms with Crippen LogP contribution in [0.2, 0.25) is 0 Å². The van der Waals surface area contributed by atoms with Crippen molar-refractivity contribution in [3.63, 3.8) is 0 Å². The second-order valence-electron chi connectivity index (χ2n) is 6.82. The molecule has 2 aromatic carbocycles. The Morgan fingerprint density at radius 1 is 1.00 bits per heavy atom. The molecule has 0 aliphatic carbocycles. The fourth-order valence-electron chi connectivity index (χ4n) is 2.79. The van der Waals surface area contributed by atoms with Crippen LogP contribution in [0, 0.1) is 0 Å². The Hall–Kier alpha value is -2.71. The molecule has 2 aromatic rings. The van der Waals surface area contributed by atoms with Gasteiger partial charge >= 0.3 is 0 Å². The van der Waals surface area contributed by atoms with Gasteiger partial charge in [0.15, 0.2) is 0 Å². The summed E-state index contributed by atoms with van der Waals surface area (Å²) >= 11 is 0. The number of hydrogen-bond acceptors (Lipinski definition) is 4. The highest BCUT2D eigenvalue weighted by molar-refractivity contribution is 7.89. The van der Waals surface area contributed by atoms with Gasteiger partial charge < -0.3 is 10.6 Å². The minimum Gasteiger partial charge on any atom is -0.354 e. The molecular weight excluding hydrogens is 390 g/mol. The Morgan fingerprint density at radius 2 is 1.69 bits per heavy atom. The Kier molecular flexibility index (Phi) is 7.92. The molecule has 1 atom stereocenters.